The molecule has 0 aliphatic heterocycles. The Morgan fingerprint density at radius 1 is 1.11 bits per heavy atom. The number of hydrogen-bond acceptors (Lipinski definition) is 2. The highest BCUT2D eigenvalue weighted by Gasteiger charge is 2.03. The Morgan fingerprint density at radius 2 is 1.78 bits per heavy atom. The van der Waals surface area contributed by atoms with Gasteiger partial charge in [-0.25, -0.2) is 4.39 Å². The van der Waals surface area contributed by atoms with Crippen molar-refractivity contribution in [1.29, 1.82) is 0 Å². The normalized spacial score (nSPS) is 10.4. The smallest absolute Gasteiger partial charge is 0.128 e. The van der Waals surface area contributed by atoms with E-state index in [9.17, 15) is 4.39 Å². The van der Waals surface area contributed by atoms with E-state index in [-0.39, 0.29) is 5.82 Å². The Hall–Kier alpha value is -1.58. The second-order valence-electron chi connectivity index (χ2n) is 3.84. The van der Waals surface area contributed by atoms with E-state index in [0.717, 1.165) is 5.56 Å². The number of ether oxygens (including phenoxy) is 1. The van der Waals surface area contributed by atoms with Crippen molar-refractivity contribution in [3.05, 3.63) is 58.9 Å². The third-order valence-corrected chi connectivity index (χ3v) is 2.79. The first-order chi connectivity index (χ1) is 8.69. The fourth-order valence-corrected chi connectivity index (χ4v) is 1.80. The van der Waals surface area contributed by atoms with Crippen LogP contribution in [0.4, 0.5) is 4.39 Å². The Labute approximate surface area is 110 Å². The summed E-state index contributed by atoms with van der Waals surface area (Å²) in [5.74, 6) is 0.921. The number of benzene rings is 2. The molecule has 0 bridgehead atoms. The van der Waals surface area contributed by atoms with Gasteiger partial charge in [-0.05, 0) is 49.0 Å². The van der Waals surface area contributed by atoms with Crippen LogP contribution in [0.5, 0.6) is 11.5 Å². The van der Waals surface area contributed by atoms with E-state index in [2.05, 4.69) is 5.32 Å². The lowest BCUT2D eigenvalue weighted by molar-refractivity contribution is 0.480. The minimum absolute atomic E-state index is 0.287. The molecule has 2 aromatic rings. The predicted octanol–water partition coefficient (Wildman–Crippen LogP) is 3.99. The highest BCUT2D eigenvalue weighted by molar-refractivity contribution is 6.31. The van der Waals surface area contributed by atoms with Gasteiger partial charge >= 0.3 is 0 Å². The van der Waals surface area contributed by atoms with Gasteiger partial charge in [0.1, 0.15) is 17.3 Å². The highest BCUT2D eigenvalue weighted by Crippen LogP contribution is 2.26. The summed E-state index contributed by atoms with van der Waals surface area (Å²) in [5, 5.41) is 3.68. The van der Waals surface area contributed by atoms with E-state index in [0.29, 0.717) is 23.1 Å². The molecule has 1 N–H and O–H groups in total. The molecule has 2 aromatic carbocycles. The van der Waals surface area contributed by atoms with Crippen LogP contribution in [0.15, 0.2) is 42.5 Å². The van der Waals surface area contributed by atoms with E-state index in [1.807, 2.05) is 19.2 Å². The number of rotatable bonds is 4. The summed E-state index contributed by atoms with van der Waals surface area (Å²) in [6.45, 7) is 0.704. The van der Waals surface area contributed by atoms with E-state index in [1.165, 1.54) is 12.1 Å². The first kappa shape index (κ1) is 12.9. The quantitative estimate of drug-likeness (QED) is 0.902. The molecule has 0 aromatic heterocycles. The van der Waals surface area contributed by atoms with Crippen LogP contribution < -0.4 is 10.1 Å². The summed E-state index contributed by atoms with van der Waals surface area (Å²) < 4.78 is 18.3. The van der Waals surface area contributed by atoms with Crippen LogP contribution in [0.2, 0.25) is 5.02 Å². The van der Waals surface area contributed by atoms with Crippen LogP contribution >= 0.6 is 11.6 Å². The van der Waals surface area contributed by atoms with Gasteiger partial charge < -0.3 is 10.1 Å². The second-order valence-corrected chi connectivity index (χ2v) is 4.25. The van der Waals surface area contributed by atoms with Crippen LogP contribution in [0.1, 0.15) is 5.56 Å². The molecule has 0 heterocycles. The van der Waals surface area contributed by atoms with Crippen LogP contribution in [-0.2, 0) is 6.54 Å². The van der Waals surface area contributed by atoms with Crippen molar-refractivity contribution in [1.82, 2.24) is 5.32 Å². The van der Waals surface area contributed by atoms with Crippen LogP contribution in [0, 0.1) is 5.82 Å². The summed E-state index contributed by atoms with van der Waals surface area (Å²) in [7, 11) is 1.86. The second kappa shape index (κ2) is 5.85. The van der Waals surface area contributed by atoms with Crippen LogP contribution in [0.3, 0.4) is 0 Å². The lowest BCUT2D eigenvalue weighted by atomic mass is 10.2. The van der Waals surface area contributed by atoms with E-state index in [4.69, 9.17) is 16.3 Å². The molecular formula is C14H13ClFNO. The molecule has 0 saturated heterocycles. The zero-order valence-corrected chi connectivity index (χ0v) is 10.7. The molecule has 0 fully saturated rings. The maximum Gasteiger partial charge on any atom is 0.128 e. The Morgan fingerprint density at radius 3 is 2.39 bits per heavy atom. The molecular weight excluding hydrogens is 253 g/mol. The average molecular weight is 266 g/mol. The molecule has 0 radical (unpaired) electrons. The topological polar surface area (TPSA) is 21.3 Å². The highest BCUT2D eigenvalue weighted by atomic mass is 35.5. The van der Waals surface area contributed by atoms with Gasteiger partial charge in [-0.15, -0.1) is 0 Å². The van der Waals surface area contributed by atoms with E-state index in [1.54, 1.807) is 18.2 Å². The van der Waals surface area contributed by atoms with Crippen LogP contribution in [0.25, 0.3) is 0 Å². The van der Waals surface area contributed by atoms with Crippen molar-refractivity contribution >= 4 is 11.6 Å². The molecule has 0 aliphatic carbocycles. The molecule has 94 valence electrons. The summed E-state index contributed by atoms with van der Waals surface area (Å²) in [5.41, 5.74) is 1.01. The van der Waals surface area contributed by atoms with Gasteiger partial charge in [-0.2, -0.15) is 0 Å². The van der Waals surface area contributed by atoms with Crippen molar-refractivity contribution in [3.8, 4) is 11.5 Å². The summed E-state index contributed by atoms with van der Waals surface area (Å²) in [4.78, 5) is 0. The largest absolute Gasteiger partial charge is 0.457 e. The standard InChI is InChI=1S/C14H13ClFNO/c1-17-9-10-2-5-13(8-14(10)15)18-12-6-3-11(16)4-7-12/h2-8,17H,9H2,1H3. The third kappa shape index (κ3) is 3.22. The SMILES string of the molecule is CNCc1ccc(Oc2ccc(F)cc2)cc1Cl. The van der Waals surface area contributed by atoms with E-state index < -0.39 is 0 Å². The van der Waals surface area contributed by atoms with Crippen molar-refractivity contribution in [3.63, 3.8) is 0 Å². The fourth-order valence-electron chi connectivity index (χ4n) is 1.56. The summed E-state index contributed by atoms with van der Waals surface area (Å²) in [6, 6.07) is 11.3. The van der Waals surface area contributed by atoms with Gasteiger partial charge in [0.25, 0.3) is 0 Å². The van der Waals surface area contributed by atoms with Crippen molar-refractivity contribution < 1.29 is 9.13 Å². The van der Waals surface area contributed by atoms with Gasteiger partial charge in [0, 0.05) is 11.6 Å². The molecule has 0 unspecified atom stereocenters. The van der Waals surface area contributed by atoms with Gasteiger partial charge in [0.2, 0.25) is 0 Å². The lowest BCUT2D eigenvalue weighted by Gasteiger charge is -2.08. The molecule has 0 saturated carbocycles. The lowest BCUT2D eigenvalue weighted by Crippen LogP contribution is -2.05. The molecule has 18 heavy (non-hydrogen) atoms. The summed E-state index contributed by atoms with van der Waals surface area (Å²) in [6.07, 6.45) is 0. The minimum atomic E-state index is -0.287. The first-order valence-corrected chi connectivity index (χ1v) is 5.93. The van der Waals surface area contributed by atoms with Crippen molar-refractivity contribution in [2.75, 3.05) is 7.05 Å². The van der Waals surface area contributed by atoms with Gasteiger partial charge in [-0.1, -0.05) is 17.7 Å². The van der Waals surface area contributed by atoms with Crippen LogP contribution in [-0.4, -0.2) is 7.05 Å². The van der Waals surface area contributed by atoms with Crippen molar-refractivity contribution in [2.24, 2.45) is 0 Å². The number of halogens is 2. The van der Waals surface area contributed by atoms with Gasteiger partial charge in [-0.3, -0.25) is 0 Å². The van der Waals surface area contributed by atoms with Crippen molar-refractivity contribution in [2.45, 2.75) is 6.54 Å². The molecule has 0 spiro atoms. The third-order valence-electron chi connectivity index (χ3n) is 2.44. The van der Waals surface area contributed by atoms with Gasteiger partial charge in [0.05, 0.1) is 0 Å². The molecule has 2 nitrogen and oxygen atoms in total. The molecule has 0 amide bonds. The molecule has 2 rings (SSSR count). The zero-order valence-electron chi connectivity index (χ0n) is 9.91. The Bertz CT molecular complexity index is 528. The fraction of sp³-hybridized carbons (Fsp3) is 0.143. The predicted molar refractivity (Wildman–Crippen MR) is 70.7 cm³/mol. The molecule has 0 aliphatic rings. The zero-order chi connectivity index (χ0) is 13.0. The number of nitrogens with one attached hydrogen (secondary N) is 1. The summed E-state index contributed by atoms with van der Waals surface area (Å²) >= 11 is 6.12. The molecule has 4 heteroatoms. The van der Waals surface area contributed by atoms with E-state index >= 15 is 0 Å². The Kier molecular flexibility index (Phi) is 4.18. The Balaban J connectivity index is 2.14. The van der Waals surface area contributed by atoms with Gasteiger partial charge in [0.15, 0.2) is 0 Å². The minimum Gasteiger partial charge on any atom is -0.457 e. The first-order valence-electron chi connectivity index (χ1n) is 5.55. The molecule has 0 atom stereocenters. The number of hydrogen-bond donors (Lipinski definition) is 1. The maximum absolute atomic E-state index is 12.7. The maximum atomic E-state index is 12.7. The average Bonchev–Trinajstić information content (AvgIpc) is 2.36. The monoisotopic (exact) mass is 265 g/mol.